The maximum absolute atomic E-state index is 13.3. The summed E-state index contributed by atoms with van der Waals surface area (Å²) in [6, 6.07) is 13.6. The van der Waals surface area contributed by atoms with Crippen molar-refractivity contribution in [3.8, 4) is 5.75 Å². The Balaban J connectivity index is 1.73. The topological polar surface area (TPSA) is 58.6 Å². The molecule has 0 saturated heterocycles. The highest BCUT2D eigenvalue weighted by Gasteiger charge is 2.39. The predicted octanol–water partition coefficient (Wildman–Crippen LogP) is 5.27. The van der Waals surface area contributed by atoms with Gasteiger partial charge < -0.3 is 10.1 Å². The minimum atomic E-state index is -3.65. The number of ether oxygens (including phenoxy) is 1. The number of para-hydroxylation sites is 1. The molecule has 6 heteroatoms. The molecule has 1 aliphatic carbocycles. The molecule has 3 atom stereocenters. The first-order valence-electron chi connectivity index (χ1n) is 11.0. The number of sulfonamides is 1. The lowest BCUT2D eigenvalue weighted by molar-refractivity contribution is 0.326. The summed E-state index contributed by atoms with van der Waals surface area (Å²) in [5, 5.41) is 3.68. The van der Waals surface area contributed by atoms with Crippen LogP contribution in [0.5, 0.6) is 5.75 Å². The highest BCUT2D eigenvalue weighted by molar-refractivity contribution is 7.89. The molecule has 1 N–H and O–H groups in total. The second-order valence-corrected chi connectivity index (χ2v) is 10.0. The molecule has 2 aliphatic rings. The molecule has 0 fully saturated rings. The van der Waals surface area contributed by atoms with Crippen LogP contribution >= 0.6 is 0 Å². The van der Waals surface area contributed by atoms with E-state index in [0.29, 0.717) is 17.4 Å². The van der Waals surface area contributed by atoms with Crippen molar-refractivity contribution < 1.29 is 13.2 Å². The lowest BCUT2D eigenvalue weighted by atomic mass is 9.77. The van der Waals surface area contributed by atoms with Gasteiger partial charge in [0.15, 0.2) is 0 Å². The van der Waals surface area contributed by atoms with Gasteiger partial charge in [0, 0.05) is 30.3 Å². The van der Waals surface area contributed by atoms with Crippen LogP contribution in [0, 0.1) is 5.92 Å². The number of hydrogen-bond acceptors (Lipinski definition) is 4. The molecule has 5 nitrogen and oxygen atoms in total. The van der Waals surface area contributed by atoms with E-state index >= 15 is 0 Å². The van der Waals surface area contributed by atoms with Crippen molar-refractivity contribution in [2.24, 2.45) is 5.92 Å². The maximum Gasteiger partial charge on any atom is 0.243 e. The fourth-order valence-corrected chi connectivity index (χ4v) is 6.19. The monoisotopic (exact) mass is 450 g/mol. The number of fused-ring (bicyclic) bond motifs is 3. The summed E-state index contributed by atoms with van der Waals surface area (Å²) in [5.41, 5.74) is 3.12. The average molecular weight is 451 g/mol. The molecular weight excluding hydrogens is 420 g/mol. The molecule has 3 unspecified atom stereocenters. The molecule has 2 aromatic carbocycles. The van der Waals surface area contributed by atoms with E-state index < -0.39 is 10.0 Å². The van der Waals surface area contributed by atoms with Gasteiger partial charge in [-0.1, -0.05) is 42.5 Å². The van der Waals surface area contributed by atoms with Crippen LogP contribution in [0.15, 0.2) is 84.8 Å². The Labute approximate surface area is 191 Å². The van der Waals surface area contributed by atoms with Crippen LogP contribution in [0.4, 0.5) is 5.69 Å². The van der Waals surface area contributed by atoms with Gasteiger partial charge in [0.2, 0.25) is 10.0 Å². The number of nitrogens with one attached hydrogen (secondary N) is 1. The molecule has 32 heavy (non-hydrogen) atoms. The number of hydrogen-bond donors (Lipinski definition) is 1. The number of allylic oxidation sites excluding steroid dienone is 2. The fraction of sp³-hybridized carbons (Fsp3) is 0.308. The minimum Gasteiger partial charge on any atom is -0.494 e. The smallest absolute Gasteiger partial charge is 0.243 e. The zero-order chi connectivity index (χ0) is 22.7. The summed E-state index contributed by atoms with van der Waals surface area (Å²) >= 11 is 0. The average Bonchev–Trinajstić information content (AvgIpc) is 3.29. The standard InChI is InChI=1S/C26H30N2O3S/c1-4-16-28(17-5-2)32(29,30)19-14-15-24-23(18-19)20-11-9-12-21(20)26(27-24)22-10-7-8-13-25(22)31-6-3/h4-5,7-11,13-15,18,20-21,26-27H,1-2,6,12,16-17H2,3H3. The van der Waals surface area contributed by atoms with Gasteiger partial charge in [-0.15, -0.1) is 13.2 Å². The second-order valence-electron chi connectivity index (χ2n) is 8.09. The largest absolute Gasteiger partial charge is 0.494 e. The van der Waals surface area contributed by atoms with Gasteiger partial charge in [0.1, 0.15) is 5.75 Å². The van der Waals surface area contributed by atoms with Crippen molar-refractivity contribution in [2.45, 2.75) is 30.2 Å². The first-order valence-corrected chi connectivity index (χ1v) is 12.5. The number of benzene rings is 2. The van der Waals surface area contributed by atoms with Crippen LogP contribution < -0.4 is 10.1 Å². The van der Waals surface area contributed by atoms with Gasteiger partial charge in [-0.25, -0.2) is 8.42 Å². The van der Waals surface area contributed by atoms with E-state index in [-0.39, 0.29) is 25.0 Å². The molecule has 0 amide bonds. The lowest BCUT2D eigenvalue weighted by Gasteiger charge is -2.38. The Morgan fingerprint density at radius 1 is 1.12 bits per heavy atom. The molecule has 0 aromatic heterocycles. The van der Waals surface area contributed by atoms with Crippen molar-refractivity contribution in [3.05, 3.63) is 91.1 Å². The molecule has 0 spiro atoms. The molecule has 0 radical (unpaired) electrons. The molecular formula is C26H30N2O3S. The normalized spacial score (nSPS) is 21.5. The van der Waals surface area contributed by atoms with Gasteiger partial charge in [0.05, 0.1) is 17.5 Å². The quantitative estimate of drug-likeness (QED) is 0.529. The lowest BCUT2D eigenvalue weighted by Crippen LogP contribution is -2.32. The molecule has 0 bridgehead atoms. The van der Waals surface area contributed by atoms with Gasteiger partial charge in [-0.2, -0.15) is 4.31 Å². The van der Waals surface area contributed by atoms with E-state index in [9.17, 15) is 8.42 Å². The zero-order valence-electron chi connectivity index (χ0n) is 18.4. The first-order chi connectivity index (χ1) is 15.5. The Morgan fingerprint density at radius 2 is 1.88 bits per heavy atom. The Hall–Kier alpha value is -2.83. The highest BCUT2D eigenvalue weighted by Crippen LogP contribution is 2.51. The van der Waals surface area contributed by atoms with Crippen LogP contribution in [-0.4, -0.2) is 32.4 Å². The van der Waals surface area contributed by atoms with Crippen molar-refractivity contribution in [2.75, 3.05) is 25.0 Å². The molecule has 0 saturated carbocycles. The van der Waals surface area contributed by atoms with Crippen LogP contribution in [0.1, 0.15) is 36.4 Å². The highest BCUT2D eigenvalue weighted by atomic mass is 32.2. The van der Waals surface area contributed by atoms with Crippen molar-refractivity contribution in [1.29, 1.82) is 0 Å². The van der Waals surface area contributed by atoms with E-state index in [4.69, 9.17) is 4.74 Å². The number of nitrogens with zero attached hydrogens (tertiary/aromatic N) is 1. The summed E-state index contributed by atoms with van der Waals surface area (Å²) in [7, 11) is -3.65. The third-order valence-corrected chi connectivity index (χ3v) is 8.02. The van der Waals surface area contributed by atoms with Crippen molar-refractivity contribution in [3.63, 3.8) is 0 Å². The Kier molecular flexibility index (Phi) is 6.53. The first kappa shape index (κ1) is 22.4. The van der Waals surface area contributed by atoms with Gasteiger partial charge in [0.25, 0.3) is 0 Å². The summed E-state index contributed by atoms with van der Waals surface area (Å²) in [5.74, 6) is 1.33. The van der Waals surface area contributed by atoms with E-state index in [0.717, 1.165) is 29.0 Å². The van der Waals surface area contributed by atoms with E-state index in [1.807, 2.05) is 37.3 Å². The van der Waals surface area contributed by atoms with Crippen molar-refractivity contribution >= 4 is 15.7 Å². The summed E-state index contributed by atoms with van der Waals surface area (Å²) in [4.78, 5) is 0.300. The SMILES string of the molecule is C=CCN(CC=C)S(=O)(=O)c1ccc2c(c1)C1C=CCC1C(c1ccccc1OCC)N2. The molecule has 2 aromatic rings. The maximum atomic E-state index is 13.3. The fourth-order valence-electron chi connectivity index (χ4n) is 4.77. The van der Waals surface area contributed by atoms with Crippen LogP contribution in [0.3, 0.4) is 0 Å². The Morgan fingerprint density at radius 3 is 2.59 bits per heavy atom. The van der Waals surface area contributed by atoms with Crippen molar-refractivity contribution in [1.82, 2.24) is 4.31 Å². The van der Waals surface area contributed by atoms with E-state index in [1.165, 1.54) is 4.31 Å². The van der Waals surface area contributed by atoms with Gasteiger partial charge in [-0.05, 0) is 49.1 Å². The van der Waals surface area contributed by atoms with Gasteiger partial charge >= 0.3 is 0 Å². The molecule has 4 rings (SSSR count). The predicted molar refractivity (Wildman–Crippen MR) is 130 cm³/mol. The summed E-state index contributed by atoms with van der Waals surface area (Å²) in [6.45, 7) is 10.5. The Bertz CT molecular complexity index is 1130. The third-order valence-electron chi connectivity index (χ3n) is 6.19. The zero-order valence-corrected chi connectivity index (χ0v) is 19.2. The van der Waals surface area contributed by atoms with Crippen LogP contribution in [0.2, 0.25) is 0 Å². The number of rotatable bonds is 9. The molecule has 168 valence electrons. The van der Waals surface area contributed by atoms with Crippen LogP contribution in [-0.2, 0) is 10.0 Å². The van der Waals surface area contributed by atoms with Crippen LogP contribution in [0.25, 0.3) is 0 Å². The summed E-state index contributed by atoms with van der Waals surface area (Å²) in [6.07, 6.45) is 8.53. The molecule has 1 heterocycles. The third kappa shape index (κ3) is 4.00. The van der Waals surface area contributed by atoms with E-state index in [1.54, 1.807) is 18.2 Å². The molecule has 1 aliphatic heterocycles. The summed E-state index contributed by atoms with van der Waals surface area (Å²) < 4.78 is 33.8. The second kappa shape index (κ2) is 9.35. The number of anilines is 1. The minimum absolute atomic E-state index is 0.0886. The van der Waals surface area contributed by atoms with Gasteiger partial charge in [-0.3, -0.25) is 0 Å². The van der Waals surface area contributed by atoms with E-state index in [2.05, 4.69) is 36.7 Å².